The molecule has 0 radical (unpaired) electrons. The van der Waals surface area contributed by atoms with Gasteiger partial charge in [-0.2, -0.15) is 0 Å². The molecular weight excluding hydrogens is 350 g/mol. The summed E-state index contributed by atoms with van der Waals surface area (Å²) in [7, 11) is 0. The van der Waals surface area contributed by atoms with Gasteiger partial charge in [-0.05, 0) is 80.0 Å². The molecule has 0 saturated heterocycles. The van der Waals surface area contributed by atoms with Crippen LogP contribution in [0, 0.1) is 19.8 Å². The van der Waals surface area contributed by atoms with Crippen LogP contribution in [0.3, 0.4) is 0 Å². The Morgan fingerprint density at radius 3 is 2.46 bits per heavy atom. The Balaban J connectivity index is 1.60. The number of aldehydes is 1. The van der Waals surface area contributed by atoms with Crippen molar-refractivity contribution >= 4 is 17.9 Å². The Hall–Kier alpha value is -2.62. The largest absolute Gasteiger partial charge is 0.480 e. The van der Waals surface area contributed by atoms with Crippen LogP contribution >= 0.6 is 0 Å². The maximum Gasteiger partial charge on any atom is 0.228 e. The van der Waals surface area contributed by atoms with Crippen LogP contribution in [0.1, 0.15) is 49.3 Å². The standard InChI is InChI=1S/C24H29NO3/c1-17-5-4-10-24(15-17,16-26)28-22-8-6-20(7-9-22)14-23(27)25-21-12-18(2)11-19(3)13-21/h6-9,11-13,16-17H,4-5,10,14-15H2,1-3H3,(H,25,27). The molecule has 1 saturated carbocycles. The quantitative estimate of drug-likeness (QED) is 0.718. The van der Waals surface area contributed by atoms with Crippen LogP contribution in [0.25, 0.3) is 0 Å². The molecule has 1 amide bonds. The molecule has 4 nitrogen and oxygen atoms in total. The highest BCUT2D eigenvalue weighted by atomic mass is 16.5. The van der Waals surface area contributed by atoms with Crippen molar-refractivity contribution in [3.63, 3.8) is 0 Å². The van der Waals surface area contributed by atoms with Gasteiger partial charge in [0.2, 0.25) is 5.91 Å². The molecule has 1 N–H and O–H groups in total. The van der Waals surface area contributed by atoms with Gasteiger partial charge in [0.15, 0.2) is 11.9 Å². The Morgan fingerprint density at radius 2 is 1.86 bits per heavy atom. The summed E-state index contributed by atoms with van der Waals surface area (Å²) in [6.07, 6.45) is 4.94. The molecular formula is C24H29NO3. The summed E-state index contributed by atoms with van der Waals surface area (Å²) >= 11 is 0. The predicted molar refractivity (Wildman–Crippen MR) is 112 cm³/mol. The van der Waals surface area contributed by atoms with Gasteiger partial charge < -0.3 is 10.1 Å². The molecule has 2 unspecified atom stereocenters. The van der Waals surface area contributed by atoms with E-state index in [9.17, 15) is 9.59 Å². The van der Waals surface area contributed by atoms with Crippen molar-refractivity contribution < 1.29 is 14.3 Å². The van der Waals surface area contributed by atoms with Crippen LogP contribution in [0.15, 0.2) is 42.5 Å². The first kappa shape index (κ1) is 20.1. The lowest BCUT2D eigenvalue weighted by atomic mass is 9.79. The van der Waals surface area contributed by atoms with Crippen molar-refractivity contribution in [3.05, 3.63) is 59.2 Å². The summed E-state index contributed by atoms with van der Waals surface area (Å²) < 4.78 is 6.08. The van der Waals surface area contributed by atoms with E-state index in [0.717, 1.165) is 54.3 Å². The zero-order valence-electron chi connectivity index (χ0n) is 17.0. The van der Waals surface area contributed by atoms with Gasteiger partial charge >= 0.3 is 0 Å². The van der Waals surface area contributed by atoms with Gasteiger partial charge in [-0.25, -0.2) is 0 Å². The number of nitrogens with one attached hydrogen (secondary N) is 1. The van der Waals surface area contributed by atoms with Crippen molar-refractivity contribution in [1.29, 1.82) is 0 Å². The summed E-state index contributed by atoms with van der Waals surface area (Å²) in [5, 5.41) is 2.96. The maximum absolute atomic E-state index is 12.4. The van der Waals surface area contributed by atoms with Gasteiger partial charge in [0.05, 0.1) is 6.42 Å². The molecule has 1 aliphatic carbocycles. The molecule has 0 aliphatic heterocycles. The summed E-state index contributed by atoms with van der Waals surface area (Å²) in [5.41, 5.74) is 3.27. The third-order valence-corrected chi connectivity index (χ3v) is 5.32. The van der Waals surface area contributed by atoms with E-state index in [1.165, 1.54) is 0 Å². The normalized spacial score (nSPS) is 21.8. The van der Waals surface area contributed by atoms with Crippen LogP contribution in [0.4, 0.5) is 5.69 Å². The number of aryl methyl sites for hydroxylation is 2. The summed E-state index contributed by atoms with van der Waals surface area (Å²) in [6, 6.07) is 13.5. The Morgan fingerprint density at radius 1 is 1.18 bits per heavy atom. The minimum absolute atomic E-state index is 0.0517. The number of anilines is 1. The lowest BCUT2D eigenvalue weighted by Gasteiger charge is -2.35. The highest BCUT2D eigenvalue weighted by molar-refractivity contribution is 5.92. The molecule has 2 atom stereocenters. The van der Waals surface area contributed by atoms with Crippen molar-refractivity contribution in [3.8, 4) is 5.75 Å². The van der Waals surface area contributed by atoms with E-state index in [0.29, 0.717) is 18.1 Å². The molecule has 0 spiro atoms. The minimum atomic E-state index is -0.709. The molecule has 3 rings (SSSR count). The third-order valence-electron chi connectivity index (χ3n) is 5.32. The average molecular weight is 380 g/mol. The van der Waals surface area contributed by atoms with E-state index >= 15 is 0 Å². The fourth-order valence-electron chi connectivity index (χ4n) is 4.11. The molecule has 148 valence electrons. The van der Waals surface area contributed by atoms with Crippen molar-refractivity contribution in [2.24, 2.45) is 5.92 Å². The molecule has 2 aromatic carbocycles. The van der Waals surface area contributed by atoms with Crippen molar-refractivity contribution in [2.45, 2.75) is 58.5 Å². The van der Waals surface area contributed by atoms with Gasteiger partial charge in [-0.15, -0.1) is 0 Å². The van der Waals surface area contributed by atoms with E-state index in [1.807, 2.05) is 50.2 Å². The summed E-state index contributed by atoms with van der Waals surface area (Å²) in [4.78, 5) is 24.0. The monoisotopic (exact) mass is 379 g/mol. The molecule has 2 aromatic rings. The third kappa shape index (κ3) is 5.22. The maximum atomic E-state index is 12.4. The number of carbonyl (C=O) groups is 2. The van der Waals surface area contributed by atoms with Crippen LogP contribution in [0.5, 0.6) is 5.75 Å². The number of benzene rings is 2. The van der Waals surface area contributed by atoms with E-state index in [4.69, 9.17) is 4.74 Å². The van der Waals surface area contributed by atoms with Crippen molar-refractivity contribution in [1.82, 2.24) is 0 Å². The number of amides is 1. The highest BCUT2D eigenvalue weighted by Crippen LogP contribution is 2.34. The summed E-state index contributed by atoms with van der Waals surface area (Å²) in [5.74, 6) is 1.12. The number of hydrogen-bond donors (Lipinski definition) is 1. The first-order valence-corrected chi connectivity index (χ1v) is 10.00. The fourth-order valence-corrected chi connectivity index (χ4v) is 4.11. The van der Waals surface area contributed by atoms with Gasteiger partial charge in [-0.1, -0.05) is 31.5 Å². The fraction of sp³-hybridized carbons (Fsp3) is 0.417. The van der Waals surface area contributed by atoms with E-state index in [-0.39, 0.29) is 5.91 Å². The molecule has 0 heterocycles. The minimum Gasteiger partial charge on any atom is -0.480 e. The smallest absolute Gasteiger partial charge is 0.228 e. The molecule has 28 heavy (non-hydrogen) atoms. The second kappa shape index (κ2) is 8.59. The van der Waals surface area contributed by atoms with Crippen LogP contribution < -0.4 is 10.1 Å². The number of carbonyl (C=O) groups excluding carboxylic acids is 2. The van der Waals surface area contributed by atoms with Gasteiger partial charge in [0.1, 0.15) is 5.75 Å². The average Bonchev–Trinajstić information content (AvgIpc) is 2.62. The van der Waals surface area contributed by atoms with Crippen LogP contribution in [-0.4, -0.2) is 17.8 Å². The Bertz CT molecular complexity index is 823. The Kier molecular flexibility index (Phi) is 6.18. The van der Waals surface area contributed by atoms with E-state index in [2.05, 4.69) is 18.3 Å². The molecule has 1 aliphatic rings. The predicted octanol–water partition coefficient (Wildman–Crippen LogP) is 5.01. The first-order valence-electron chi connectivity index (χ1n) is 10.00. The first-order chi connectivity index (χ1) is 13.4. The second-order valence-corrected chi connectivity index (χ2v) is 8.23. The molecule has 1 fully saturated rings. The Labute approximate surface area is 167 Å². The number of rotatable bonds is 6. The SMILES string of the molecule is Cc1cc(C)cc(NC(=O)Cc2ccc(OC3(C=O)CCCC(C)C3)cc2)c1. The van der Waals surface area contributed by atoms with Gasteiger partial charge in [0, 0.05) is 5.69 Å². The highest BCUT2D eigenvalue weighted by Gasteiger charge is 2.36. The number of hydrogen-bond acceptors (Lipinski definition) is 3. The van der Waals surface area contributed by atoms with Crippen molar-refractivity contribution in [2.75, 3.05) is 5.32 Å². The molecule has 0 bridgehead atoms. The van der Waals surface area contributed by atoms with Gasteiger partial charge in [0.25, 0.3) is 0 Å². The molecule has 4 heteroatoms. The van der Waals surface area contributed by atoms with Gasteiger partial charge in [-0.3, -0.25) is 9.59 Å². The van der Waals surface area contributed by atoms with E-state index in [1.54, 1.807) is 0 Å². The zero-order valence-corrected chi connectivity index (χ0v) is 17.0. The van der Waals surface area contributed by atoms with Crippen LogP contribution in [-0.2, 0) is 16.0 Å². The summed E-state index contributed by atoms with van der Waals surface area (Å²) in [6.45, 7) is 6.19. The van der Waals surface area contributed by atoms with Crippen LogP contribution in [0.2, 0.25) is 0 Å². The van der Waals surface area contributed by atoms with E-state index < -0.39 is 5.60 Å². The lowest BCUT2D eigenvalue weighted by Crippen LogP contribution is -2.42. The second-order valence-electron chi connectivity index (χ2n) is 8.23. The topological polar surface area (TPSA) is 55.4 Å². The zero-order chi connectivity index (χ0) is 20.1. The molecule has 0 aromatic heterocycles. The number of ether oxygens (including phenoxy) is 1. The lowest BCUT2D eigenvalue weighted by molar-refractivity contribution is -0.125.